The Morgan fingerprint density at radius 2 is 1.67 bits per heavy atom. The summed E-state index contributed by atoms with van der Waals surface area (Å²) in [5.74, 6) is 0.298. The average Bonchev–Trinajstić information content (AvgIpc) is 1.97. The third-order valence-corrected chi connectivity index (χ3v) is 2.14. The largest absolute Gasteiger partial charge is 0.389 e. The molecule has 0 heterocycles. The van der Waals surface area contributed by atoms with E-state index in [1.165, 1.54) is 0 Å². The molecule has 0 aromatic heterocycles. The van der Waals surface area contributed by atoms with Crippen LogP contribution in [0.2, 0.25) is 0 Å². The highest BCUT2D eigenvalue weighted by atomic mass is 19.4. The van der Waals surface area contributed by atoms with Crippen LogP contribution >= 0.6 is 0 Å². The maximum Gasteiger partial charge on any atom is 0.389 e. The number of nitrogens with one attached hydrogen (secondary N) is 1. The highest BCUT2D eigenvalue weighted by Gasteiger charge is 2.26. The molecule has 0 bridgehead atoms. The molecule has 92 valence electrons. The van der Waals surface area contributed by atoms with Crippen molar-refractivity contribution in [3.05, 3.63) is 0 Å². The fourth-order valence-electron chi connectivity index (χ4n) is 1.23. The Hall–Kier alpha value is -0.250. The molecule has 1 atom stereocenters. The van der Waals surface area contributed by atoms with Gasteiger partial charge in [-0.05, 0) is 46.1 Å². The predicted molar refractivity (Wildman–Crippen MR) is 56.8 cm³/mol. The maximum absolute atomic E-state index is 11.9. The summed E-state index contributed by atoms with van der Waals surface area (Å²) in [6.45, 7) is 8.91. The first-order chi connectivity index (χ1) is 6.60. The van der Waals surface area contributed by atoms with Crippen molar-refractivity contribution in [2.45, 2.75) is 58.7 Å². The molecule has 0 aliphatic rings. The second-order valence-corrected chi connectivity index (χ2v) is 5.24. The molecule has 0 amide bonds. The SMILES string of the molecule is CC(CCCC(F)(F)F)CNC(C)(C)C. The molecule has 1 N–H and O–H groups in total. The van der Waals surface area contributed by atoms with Crippen molar-refractivity contribution in [2.24, 2.45) is 5.92 Å². The van der Waals surface area contributed by atoms with E-state index in [0.717, 1.165) is 6.54 Å². The van der Waals surface area contributed by atoms with Gasteiger partial charge in [0.2, 0.25) is 0 Å². The molecular formula is C11H22F3N. The van der Waals surface area contributed by atoms with Gasteiger partial charge in [-0.3, -0.25) is 0 Å². The van der Waals surface area contributed by atoms with E-state index in [-0.39, 0.29) is 12.0 Å². The first-order valence-corrected chi connectivity index (χ1v) is 5.42. The molecule has 0 aromatic rings. The summed E-state index contributed by atoms with van der Waals surface area (Å²) in [4.78, 5) is 0. The van der Waals surface area contributed by atoms with Crippen LogP contribution in [0.5, 0.6) is 0 Å². The van der Waals surface area contributed by atoms with Crippen LogP contribution in [0, 0.1) is 5.92 Å². The van der Waals surface area contributed by atoms with E-state index in [9.17, 15) is 13.2 Å². The summed E-state index contributed by atoms with van der Waals surface area (Å²) in [7, 11) is 0. The summed E-state index contributed by atoms with van der Waals surface area (Å²) in [6.07, 6.45) is -3.80. The number of hydrogen-bond donors (Lipinski definition) is 1. The van der Waals surface area contributed by atoms with Gasteiger partial charge in [0, 0.05) is 12.0 Å². The molecule has 0 saturated carbocycles. The molecule has 0 rings (SSSR count). The molecule has 0 aromatic carbocycles. The summed E-state index contributed by atoms with van der Waals surface area (Å²) in [6, 6.07) is 0. The quantitative estimate of drug-likeness (QED) is 0.751. The molecule has 1 unspecified atom stereocenters. The Balaban J connectivity index is 3.54. The van der Waals surface area contributed by atoms with E-state index in [1.54, 1.807) is 0 Å². The molecule has 15 heavy (non-hydrogen) atoms. The molecule has 0 fully saturated rings. The standard InChI is InChI=1S/C11H22F3N/c1-9(8-15-10(2,3)4)6-5-7-11(12,13)14/h9,15H,5-8H2,1-4H3. The highest BCUT2D eigenvalue weighted by Crippen LogP contribution is 2.23. The fourth-order valence-corrected chi connectivity index (χ4v) is 1.23. The fraction of sp³-hybridized carbons (Fsp3) is 1.00. The minimum atomic E-state index is -4.00. The second-order valence-electron chi connectivity index (χ2n) is 5.24. The Kier molecular flexibility index (Phi) is 5.63. The summed E-state index contributed by atoms with van der Waals surface area (Å²) >= 11 is 0. The minimum Gasteiger partial charge on any atom is -0.312 e. The van der Waals surface area contributed by atoms with Crippen molar-refractivity contribution < 1.29 is 13.2 Å². The van der Waals surface area contributed by atoms with Gasteiger partial charge in [-0.15, -0.1) is 0 Å². The zero-order valence-corrected chi connectivity index (χ0v) is 10.0. The number of alkyl halides is 3. The molecule has 1 nitrogen and oxygen atoms in total. The number of halogens is 3. The van der Waals surface area contributed by atoms with E-state index in [1.807, 2.05) is 6.92 Å². The lowest BCUT2D eigenvalue weighted by Crippen LogP contribution is -2.38. The molecule has 0 spiro atoms. The van der Waals surface area contributed by atoms with Gasteiger partial charge in [-0.1, -0.05) is 6.92 Å². The van der Waals surface area contributed by atoms with Crippen LogP contribution < -0.4 is 5.32 Å². The lowest BCUT2D eigenvalue weighted by molar-refractivity contribution is -0.136. The highest BCUT2D eigenvalue weighted by molar-refractivity contribution is 4.71. The molecule has 4 heteroatoms. The van der Waals surface area contributed by atoms with Gasteiger partial charge in [0.1, 0.15) is 0 Å². The van der Waals surface area contributed by atoms with E-state index in [4.69, 9.17) is 0 Å². The van der Waals surface area contributed by atoms with Crippen molar-refractivity contribution >= 4 is 0 Å². The van der Waals surface area contributed by atoms with Crippen LogP contribution in [-0.4, -0.2) is 18.3 Å². The Morgan fingerprint density at radius 1 is 1.13 bits per heavy atom. The summed E-state index contributed by atoms with van der Waals surface area (Å²) in [5.41, 5.74) is 0.0400. The second kappa shape index (κ2) is 5.73. The summed E-state index contributed by atoms with van der Waals surface area (Å²) < 4.78 is 35.6. The first-order valence-electron chi connectivity index (χ1n) is 5.42. The predicted octanol–water partition coefficient (Wildman–Crippen LogP) is 3.74. The van der Waals surface area contributed by atoms with Crippen LogP contribution in [0.3, 0.4) is 0 Å². The van der Waals surface area contributed by atoms with Crippen molar-refractivity contribution in [2.75, 3.05) is 6.54 Å². The van der Waals surface area contributed by atoms with Crippen LogP contribution in [0.25, 0.3) is 0 Å². The lowest BCUT2D eigenvalue weighted by atomic mass is 10.0. The van der Waals surface area contributed by atoms with Gasteiger partial charge >= 0.3 is 6.18 Å². The molecular weight excluding hydrogens is 203 g/mol. The monoisotopic (exact) mass is 225 g/mol. The maximum atomic E-state index is 11.9. The first kappa shape index (κ1) is 14.8. The van der Waals surface area contributed by atoms with Gasteiger partial charge in [0.25, 0.3) is 0 Å². The van der Waals surface area contributed by atoms with Crippen molar-refractivity contribution in [1.29, 1.82) is 0 Å². The van der Waals surface area contributed by atoms with Gasteiger partial charge in [0.15, 0.2) is 0 Å². The van der Waals surface area contributed by atoms with Gasteiger partial charge < -0.3 is 5.32 Å². The van der Waals surface area contributed by atoms with Crippen LogP contribution in [0.1, 0.15) is 47.0 Å². The number of hydrogen-bond acceptors (Lipinski definition) is 1. The summed E-state index contributed by atoms with van der Waals surface area (Å²) in [5, 5.41) is 3.29. The minimum absolute atomic E-state index is 0.0400. The average molecular weight is 225 g/mol. The van der Waals surface area contributed by atoms with E-state index in [2.05, 4.69) is 26.1 Å². The normalized spacial score (nSPS) is 15.4. The third-order valence-electron chi connectivity index (χ3n) is 2.14. The third kappa shape index (κ3) is 11.7. The van der Waals surface area contributed by atoms with Crippen molar-refractivity contribution in [3.8, 4) is 0 Å². The number of rotatable bonds is 5. The van der Waals surface area contributed by atoms with Crippen LogP contribution in [0.4, 0.5) is 13.2 Å². The van der Waals surface area contributed by atoms with Crippen molar-refractivity contribution in [1.82, 2.24) is 5.32 Å². The van der Waals surface area contributed by atoms with E-state index >= 15 is 0 Å². The molecule has 0 saturated heterocycles. The molecule has 0 aliphatic carbocycles. The van der Waals surface area contributed by atoms with Gasteiger partial charge in [0.05, 0.1) is 0 Å². The Bertz CT molecular complexity index is 170. The zero-order valence-electron chi connectivity index (χ0n) is 10.0. The van der Waals surface area contributed by atoms with Crippen LogP contribution in [0.15, 0.2) is 0 Å². The zero-order chi connectivity index (χ0) is 12.1. The molecule has 0 aliphatic heterocycles. The lowest BCUT2D eigenvalue weighted by Gasteiger charge is -2.23. The Morgan fingerprint density at radius 3 is 2.07 bits per heavy atom. The van der Waals surface area contributed by atoms with E-state index in [0.29, 0.717) is 12.3 Å². The van der Waals surface area contributed by atoms with Crippen molar-refractivity contribution in [3.63, 3.8) is 0 Å². The molecule has 0 radical (unpaired) electrons. The topological polar surface area (TPSA) is 12.0 Å². The Labute approximate surface area is 90.4 Å². The smallest absolute Gasteiger partial charge is 0.312 e. The van der Waals surface area contributed by atoms with E-state index < -0.39 is 12.6 Å². The van der Waals surface area contributed by atoms with Gasteiger partial charge in [-0.2, -0.15) is 13.2 Å². The van der Waals surface area contributed by atoms with Gasteiger partial charge in [-0.25, -0.2) is 0 Å². The van der Waals surface area contributed by atoms with Crippen LogP contribution in [-0.2, 0) is 0 Å².